The van der Waals surface area contributed by atoms with E-state index in [1.54, 1.807) is 0 Å². The van der Waals surface area contributed by atoms with E-state index in [2.05, 4.69) is 476 Å². The third-order valence-corrected chi connectivity index (χ3v) is 24.9. The summed E-state index contributed by atoms with van der Waals surface area (Å²) in [4.78, 5) is 0. The molecule has 0 unspecified atom stereocenters. The van der Waals surface area contributed by atoms with Crippen molar-refractivity contribution in [2.45, 2.75) is 0 Å². The molecule has 0 fully saturated rings. The van der Waals surface area contributed by atoms with Crippen molar-refractivity contribution in [3.8, 4) is 89.8 Å². The molecule has 25 rings (SSSR count). The van der Waals surface area contributed by atoms with Crippen LogP contribution in [0, 0.1) is 0 Å². The van der Waals surface area contributed by atoms with Gasteiger partial charge in [0.1, 0.15) is 0 Å². The maximum absolute atomic E-state index is 2.44. The minimum absolute atomic E-state index is 1.14. The van der Waals surface area contributed by atoms with Gasteiger partial charge in [-0.15, -0.1) is 0 Å². The molecule has 25 aromatic rings. The molecule has 0 saturated carbocycles. The molecule has 6 heterocycles. The second-order valence-corrected chi connectivity index (χ2v) is 31.5. The molecule has 6 nitrogen and oxygen atoms in total. The number of hydrogen-bond donors (Lipinski definition) is 0. The Morgan fingerprint density at radius 1 is 0.108 bits per heavy atom. The zero-order valence-electron chi connectivity index (χ0n) is 65.4. The van der Waals surface area contributed by atoms with Gasteiger partial charge in [0.2, 0.25) is 0 Å². The van der Waals surface area contributed by atoms with Crippen LogP contribution in [0.5, 0.6) is 0 Å². The van der Waals surface area contributed by atoms with E-state index in [9.17, 15) is 0 Å². The van der Waals surface area contributed by atoms with Crippen molar-refractivity contribution in [3.63, 3.8) is 0 Å². The molecule has 0 spiro atoms. The molecule has 0 atom stereocenters. The predicted octanol–water partition coefficient (Wildman–Crippen LogP) is 30.3. The van der Waals surface area contributed by atoms with Crippen LogP contribution in [-0.4, -0.2) is 27.4 Å². The predicted molar refractivity (Wildman–Crippen MR) is 506 cm³/mol. The summed E-state index contributed by atoms with van der Waals surface area (Å²) >= 11 is 0. The first-order valence-corrected chi connectivity index (χ1v) is 41.3. The van der Waals surface area contributed by atoms with Crippen molar-refractivity contribution >= 4 is 131 Å². The molecule has 0 aliphatic carbocycles. The van der Waals surface area contributed by atoms with Gasteiger partial charge in [-0.05, 0) is 220 Å². The van der Waals surface area contributed by atoms with E-state index in [0.29, 0.717) is 0 Å². The topological polar surface area (TPSA) is 29.6 Å². The highest BCUT2D eigenvalue weighted by Crippen LogP contribution is 2.45. The van der Waals surface area contributed by atoms with Crippen molar-refractivity contribution in [3.05, 3.63) is 449 Å². The Balaban J connectivity index is 0.000000137. The highest BCUT2D eigenvalue weighted by molar-refractivity contribution is 6.17. The first kappa shape index (κ1) is 68.4. The number of para-hydroxylation sites is 9. The van der Waals surface area contributed by atoms with Gasteiger partial charge in [-0.2, -0.15) is 0 Å². The largest absolute Gasteiger partial charge is 0.309 e. The smallest absolute Gasteiger partial charge is 0.0541 e. The maximum Gasteiger partial charge on any atom is 0.0541 e. The average Bonchev–Trinajstić information content (AvgIpc) is 1.59. The van der Waals surface area contributed by atoms with Gasteiger partial charge in [-0.3, -0.25) is 0 Å². The van der Waals surface area contributed by atoms with E-state index in [1.807, 2.05) is 0 Å². The van der Waals surface area contributed by atoms with Crippen LogP contribution in [0.4, 0.5) is 0 Å². The first-order valence-electron chi connectivity index (χ1n) is 41.3. The first-order chi connectivity index (χ1) is 59.5. The van der Waals surface area contributed by atoms with Gasteiger partial charge in [0.05, 0.1) is 71.9 Å². The summed E-state index contributed by atoms with van der Waals surface area (Å²) in [6.07, 6.45) is 0. The van der Waals surface area contributed by atoms with Gasteiger partial charge in [-0.1, -0.05) is 279 Å². The van der Waals surface area contributed by atoms with Gasteiger partial charge < -0.3 is 27.4 Å². The van der Waals surface area contributed by atoms with E-state index < -0.39 is 0 Å². The number of nitrogens with zero attached hydrogens (tertiary/aromatic N) is 6. The molecular weight excluding hydrogens is 1450 g/mol. The Morgan fingerprint density at radius 3 is 0.625 bits per heavy atom. The molecule has 560 valence electrons. The highest BCUT2D eigenvalue weighted by Gasteiger charge is 2.23. The van der Waals surface area contributed by atoms with Crippen molar-refractivity contribution in [1.82, 2.24) is 27.4 Å². The van der Waals surface area contributed by atoms with Gasteiger partial charge in [0.25, 0.3) is 0 Å². The van der Waals surface area contributed by atoms with E-state index in [1.165, 1.54) is 192 Å². The summed E-state index contributed by atoms with van der Waals surface area (Å²) in [5, 5.41) is 15.0. The van der Waals surface area contributed by atoms with Crippen molar-refractivity contribution in [2.75, 3.05) is 0 Å². The summed E-state index contributed by atoms with van der Waals surface area (Å²) in [7, 11) is 0. The zero-order chi connectivity index (χ0) is 78.9. The fourth-order valence-corrected chi connectivity index (χ4v) is 19.5. The van der Waals surface area contributed by atoms with Crippen molar-refractivity contribution in [2.24, 2.45) is 0 Å². The molecule has 0 aliphatic heterocycles. The zero-order valence-corrected chi connectivity index (χ0v) is 65.4. The number of hydrogen-bond acceptors (Lipinski definition) is 0. The number of benzene rings is 19. The van der Waals surface area contributed by atoms with Gasteiger partial charge in [0.15, 0.2) is 0 Å². The molecule has 0 bridgehead atoms. The molecule has 6 heteroatoms. The average molecular weight is 1530 g/mol. The monoisotopic (exact) mass is 1530 g/mol. The molecule has 0 amide bonds. The molecule has 0 N–H and O–H groups in total. The van der Waals surface area contributed by atoms with Crippen molar-refractivity contribution < 1.29 is 0 Å². The van der Waals surface area contributed by atoms with Gasteiger partial charge in [-0.25, -0.2) is 0 Å². The van der Waals surface area contributed by atoms with Crippen LogP contribution in [-0.2, 0) is 0 Å². The van der Waals surface area contributed by atoms with E-state index in [-0.39, 0.29) is 0 Å². The Kier molecular flexibility index (Phi) is 15.9. The van der Waals surface area contributed by atoms with E-state index >= 15 is 0 Å². The maximum atomic E-state index is 2.44. The molecule has 120 heavy (non-hydrogen) atoms. The Bertz CT molecular complexity index is 8210. The fraction of sp³-hybridized carbons (Fsp3) is 0. The summed E-state index contributed by atoms with van der Waals surface area (Å²) in [5.41, 5.74) is 33.4. The summed E-state index contributed by atoms with van der Waals surface area (Å²) < 4.78 is 14.4. The lowest BCUT2D eigenvalue weighted by Gasteiger charge is -2.14. The molecule has 0 aliphatic rings. The lowest BCUT2D eigenvalue weighted by Crippen LogP contribution is -1.97. The summed E-state index contributed by atoms with van der Waals surface area (Å²) in [5.74, 6) is 0. The summed E-state index contributed by atoms with van der Waals surface area (Å²) in [6.45, 7) is 0. The Labute approximate surface area is 692 Å². The molecule has 19 aromatic carbocycles. The van der Waals surface area contributed by atoms with Crippen LogP contribution in [0.15, 0.2) is 449 Å². The Morgan fingerprint density at radius 2 is 0.325 bits per heavy atom. The minimum atomic E-state index is 1.14. The normalized spacial score (nSPS) is 11.8. The fourth-order valence-electron chi connectivity index (χ4n) is 19.5. The third-order valence-electron chi connectivity index (χ3n) is 24.9. The van der Waals surface area contributed by atoms with E-state index in [4.69, 9.17) is 0 Å². The van der Waals surface area contributed by atoms with Crippen LogP contribution >= 0.6 is 0 Å². The number of aromatic nitrogens is 6. The molecular formula is C114H74N6. The second kappa shape index (κ2) is 27.9. The highest BCUT2D eigenvalue weighted by atomic mass is 15.0. The molecule has 6 aromatic heterocycles. The van der Waals surface area contributed by atoms with E-state index in [0.717, 1.165) is 28.4 Å². The van der Waals surface area contributed by atoms with Crippen LogP contribution in [0.25, 0.3) is 221 Å². The third kappa shape index (κ3) is 11.0. The number of rotatable bonds is 11. The van der Waals surface area contributed by atoms with Gasteiger partial charge in [0, 0.05) is 98.6 Å². The van der Waals surface area contributed by atoms with Gasteiger partial charge >= 0.3 is 0 Å². The SMILES string of the molecule is c1ccc(-c2cc(-c3ccccc3)cc(-n3c4ccccc4c4cc(-c5ccc6c(c5)c5ccccc5n6-c5ccc(-n6c7ccccc7c7ccccc76)cc5)ccc43)c2)cc1.c1ccc(-c2ccccc2-n2c3ccccc3c3cc(-c4ccc5c(c4)c4ccccc4n5-c4ccc(-n5c6ccccc6c6ccccc65)cc4)ccc32)cc1. The van der Waals surface area contributed by atoms with Crippen molar-refractivity contribution in [1.29, 1.82) is 0 Å². The molecule has 0 radical (unpaired) electrons. The lowest BCUT2D eigenvalue weighted by atomic mass is 9.98. The number of fused-ring (bicyclic) bond motifs is 18. The minimum Gasteiger partial charge on any atom is -0.309 e. The molecule has 0 saturated heterocycles. The lowest BCUT2D eigenvalue weighted by molar-refractivity contribution is 1.14. The van der Waals surface area contributed by atoms with Crippen LogP contribution in [0.1, 0.15) is 0 Å². The Hall–Kier alpha value is -16.0. The summed E-state index contributed by atoms with van der Waals surface area (Å²) in [6, 6.07) is 164. The standard InChI is InChI=1S/C60H39N3.C54H35N3/c1-3-15-40(16-4-1)44-35-45(41-17-5-2-6-18-41)37-48(36-44)63-58-26-14-10-22-52(58)54-39-43(28-34-60(54)63)42-27-33-59-53(38-42)51-21-9-13-25-57(51)62(59)47-31-29-46(30-32-47)61-55-23-11-7-19-49(55)50-20-8-12-24-56(50)61;1-2-14-36(15-3-1)41-16-4-9-21-48(41)57-52-25-13-8-20-45(52)47-35-38(27-33-54(47)57)37-26-32-53-46(34-37)44-19-7-12-24-51(44)56(53)40-30-28-39(29-31-40)55-49-22-10-5-17-42(49)43-18-6-11-23-50(43)55/h1-39H;1-35H. The van der Waals surface area contributed by atoms with Crippen LogP contribution in [0.3, 0.4) is 0 Å². The second-order valence-electron chi connectivity index (χ2n) is 31.5. The van der Waals surface area contributed by atoms with Crippen LogP contribution in [0.2, 0.25) is 0 Å². The quantitative estimate of drug-likeness (QED) is 0.124. The van der Waals surface area contributed by atoms with Crippen LogP contribution < -0.4 is 0 Å².